The highest BCUT2D eigenvalue weighted by Gasteiger charge is 2.23. The lowest BCUT2D eigenvalue weighted by Crippen LogP contribution is -2.39. The van der Waals surface area contributed by atoms with Gasteiger partial charge in [-0.15, -0.1) is 0 Å². The van der Waals surface area contributed by atoms with Crippen LogP contribution in [-0.4, -0.2) is 54.9 Å². The van der Waals surface area contributed by atoms with Gasteiger partial charge in [0.1, 0.15) is 5.75 Å². The first-order valence-electron chi connectivity index (χ1n) is 13.1. The van der Waals surface area contributed by atoms with Crippen molar-refractivity contribution in [3.63, 3.8) is 0 Å². The first-order chi connectivity index (χ1) is 18.3. The molecule has 38 heavy (non-hydrogen) atoms. The van der Waals surface area contributed by atoms with Crippen molar-refractivity contribution in [3.05, 3.63) is 94.0 Å². The lowest BCUT2D eigenvalue weighted by molar-refractivity contribution is -0.131. The summed E-state index contributed by atoms with van der Waals surface area (Å²) in [5, 5.41) is 0.589. The maximum Gasteiger partial charge on any atom is 0.227 e. The summed E-state index contributed by atoms with van der Waals surface area (Å²) >= 11 is 6.39. The van der Waals surface area contributed by atoms with Gasteiger partial charge < -0.3 is 14.5 Å². The third-order valence-electron chi connectivity index (χ3n) is 7.03. The number of hydrogen-bond acceptors (Lipinski definition) is 4. The van der Waals surface area contributed by atoms with E-state index >= 15 is 0 Å². The minimum atomic E-state index is -0.0194. The molecule has 0 spiro atoms. The van der Waals surface area contributed by atoms with E-state index in [1.54, 1.807) is 14.0 Å². The van der Waals surface area contributed by atoms with Crippen LogP contribution < -0.4 is 9.64 Å². The van der Waals surface area contributed by atoms with Gasteiger partial charge in [-0.1, -0.05) is 54.1 Å². The summed E-state index contributed by atoms with van der Waals surface area (Å²) in [5.41, 5.74) is 4.87. The second kappa shape index (κ2) is 12.9. The molecule has 0 saturated carbocycles. The van der Waals surface area contributed by atoms with E-state index in [9.17, 15) is 9.59 Å². The van der Waals surface area contributed by atoms with Crippen LogP contribution in [0.5, 0.6) is 5.75 Å². The van der Waals surface area contributed by atoms with Crippen molar-refractivity contribution in [2.45, 2.75) is 39.8 Å². The normalized spacial score (nSPS) is 14.9. The third kappa shape index (κ3) is 7.15. The fourth-order valence-electron chi connectivity index (χ4n) is 5.05. The SMILES string of the molecule is COc1ccc(CC(=O)N2CCN(Cc3ccccc3)CCCN(C(C)=O)c3ccc(Cl)cc3C2)cc1C. The molecule has 0 aliphatic carbocycles. The topological polar surface area (TPSA) is 53.1 Å². The predicted octanol–water partition coefficient (Wildman–Crippen LogP) is 5.49. The molecule has 200 valence electrons. The number of halogens is 1. The van der Waals surface area contributed by atoms with E-state index in [1.807, 2.05) is 71.3 Å². The highest BCUT2D eigenvalue weighted by Crippen LogP contribution is 2.28. The van der Waals surface area contributed by atoms with Gasteiger partial charge in [0.25, 0.3) is 0 Å². The number of benzene rings is 3. The van der Waals surface area contributed by atoms with Crippen LogP contribution in [0.15, 0.2) is 66.7 Å². The van der Waals surface area contributed by atoms with Crippen LogP contribution >= 0.6 is 11.6 Å². The van der Waals surface area contributed by atoms with Crippen LogP contribution in [0.25, 0.3) is 0 Å². The Morgan fingerprint density at radius 1 is 0.921 bits per heavy atom. The van der Waals surface area contributed by atoms with E-state index in [0.717, 1.165) is 54.2 Å². The molecule has 6 nitrogen and oxygen atoms in total. The minimum Gasteiger partial charge on any atom is -0.496 e. The van der Waals surface area contributed by atoms with Crippen molar-refractivity contribution in [2.75, 3.05) is 38.2 Å². The maximum absolute atomic E-state index is 13.7. The Hall–Kier alpha value is -3.35. The Morgan fingerprint density at radius 2 is 1.71 bits per heavy atom. The molecule has 0 N–H and O–H groups in total. The number of ether oxygens (including phenoxy) is 1. The zero-order valence-electron chi connectivity index (χ0n) is 22.5. The van der Waals surface area contributed by atoms with Crippen molar-refractivity contribution in [1.82, 2.24) is 9.80 Å². The number of methoxy groups -OCH3 is 1. The van der Waals surface area contributed by atoms with Gasteiger partial charge in [-0.2, -0.15) is 0 Å². The second-order valence-corrected chi connectivity index (χ2v) is 10.3. The van der Waals surface area contributed by atoms with Crippen LogP contribution in [-0.2, 0) is 29.1 Å². The summed E-state index contributed by atoms with van der Waals surface area (Å²) in [6.07, 6.45) is 1.11. The van der Waals surface area contributed by atoms with Crippen molar-refractivity contribution in [3.8, 4) is 5.75 Å². The quantitative estimate of drug-likeness (QED) is 0.435. The molecular weight excluding hydrogens is 498 g/mol. The summed E-state index contributed by atoms with van der Waals surface area (Å²) in [7, 11) is 1.65. The minimum absolute atomic E-state index is 0.0194. The highest BCUT2D eigenvalue weighted by molar-refractivity contribution is 6.30. The maximum atomic E-state index is 13.7. The third-order valence-corrected chi connectivity index (χ3v) is 7.27. The summed E-state index contributed by atoms with van der Waals surface area (Å²) in [5.74, 6) is 0.823. The Balaban J connectivity index is 1.64. The summed E-state index contributed by atoms with van der Waals surface area (Å²) in [4.78, 5) is 32.5. The Bertz CT molecular complexity index is 1260. The van der Waals surface area contributed by atoms with E-state index in [1.165, 1.54) is 5.56 Å². The number of fused-ring (bicyclic) bond motifs is 1. The summed E-state index contributed by atoms with van der Waals surface area (Å²) < 4.78 is 5.38. The average molecular weight is 534 g/mol. The standard InChI is InChI=1S/C31H36ClN3O3/c1-23-18-26(10-13-30(23)38-3)19-31(37)34-17-16-33(21-25-8-5-4-6-9-25)14-7-15-35(24(2)36)29-12-11-28(32)20-27(29)22-34/h4-6,8-13,18,20H,7,14-17,19,21-22H2,1-3H3. The fraction of sp³-hybridized carbons (Fsp3) is 0.355. The Kier molecular flexibility index (Phi) is 9.43. The number of hydrogen-bond donors (Lipinski definition) is 0. The van der Waals surface area contributed by atoms with E-state index in [0.29, 0.717) is 24.7 Å². The molecule has 1 aliphatic rings. The van der Waals surface area contributed by atoms with Gasteiger partial charge in [-0.25, -0.2) is 0 Å². The van der Waals surface area contributed by atoms with Crippen LogP contribution in [0.1, 0.15) is 35.6 Å². The van der Waals surface area contributed by atoms with Crippen molar-refractivity contribution < 1.29 is 14.3 Å². The van der Waals surface area contributed by atoms with Crippen LogP contribution in [0.4, 0.5) is 5.69 Å². The van der Waals surface area contributed by atoms with E-state index in [2.05, 4.69) is 17.0 Å². The molecule has 0 saturated heterocycles. The van der Waals surface area contributed by atoms with Crippen molar-refractivity contribution in [1.29, 1.82) is 0 Å². The fourth-order valence-corrected chi connectivity index (χ4v) is 5.25. The van der Waals surface area contributed by atoms with Gasteiger partial charge in [0, 0.05) is 56.9 Å². The first kappa shape index (κ1) is 27.7. The number of carbonyl (C=O) groups excluding carboxylic acids is 2. The average Bonchev–Trinajstić information content (AvgIpc) is 2.92. The lowest BCUT2D eigenvalue weighted by atomic mass is 10.1. The highest BCUT2D eigenvalue weighted by atomic mass is 35.5. The molecule has 1 aliphatic heterocycles. The van der Waals surface area contributed by atoms with E-state index in [-0.39, 0.29) is 18.2 Å². The molecule has 2 amide bonds. The molecule has 1 heterocycles. The predicted molar refractivity (Wildman–Crippen MR) is 153 cm³/mol. The molecule has 0 fully saturated rings. The number of aryl methyl sites for hydroxylation is 1. The summed E-state index contributed by atoms with van der Waals surface area (Å²) in [6, 6.07) is 21.8. The number of nitrogens with zero attached hydrogens (tertiary/aromatic N) is 3. The molecule has 0 unspecified atom stereocenters. The second-order valence-electron chi connectivity index (χ2n) is 9.86. The van der Waals surface area contributed by atoms with Crippen molar-refractivity contribution >= 4 is 29.1 Å². The lowest BCUT2D eigenvalue weighted by Gasteiger charge is -2.28. The van der Waals surface area contributed by atoms with Crippen LogP contribution in [0.2, 0.25) is 5.02 Å². The van der Waals surface area contributed by atoms with E-state index in [4.69, 9.17) is 16.3 Å². The first-order valence-corrected chi connectivity index (χ1v) is 13.5. The number of rotatable bonds is 5. The largest absolute Gasteiger partial charge is 0.496 e. The van der Waals surface area contributed by atoms with Gasteiger partial charge in [0.2, 0.25) is 11.8 Å². The molecular formula is C31H36ClN3O3. The van der Waals surface area contributed by atoms with E-state index < -0.39 is 0 Å². The molecule has 0 aromatic heterocycles. The zero-order valence-corrected chi connectivity index (χ0v) is 23.2. The molecule has 0 atom stereocenters. The monoisotopic (exact) mass is 533 g/mol. The van der Waals surface area contributed by atoms with Gasteiger partial charge >= 0.3 is 0 Å². The van der Waals surface area contributed by atoms with Crippen molar-refractivity contribution in [2.24, 2.45) is 0 Å². The van der Waals surface area contributed by atoms with Gasteiger partial charge in [0.15, 0.2) is 0 Å². The Labute approximate surface area is 230 Å². The van der Waals surface area contributed by atoms with Crippen LogP contribution in [0, 0.1) is 6.92 Å². The summed E-state index contributed by atoms with van der Waals surface area (Å²) in [6.45, 7) is 7.48. The number of anilines is 1. The molecule has 0 bridgehead atoms. The van der Waals surface area contributed by atoms with Gasteiger partial charge in [0.05, 0.1) is 13.5 Å². The Morgan fingerprint density at radius 3 is 2.42 bits per heavy atom. The van der Waals surface area contributed by atoms with Gasteiger partial charge in [-0.05, 0) is 59.9 Å². The number of carbonyl (C=O) groups is 2. The molecule has 3 aromatic rings. The molecule has 7 heteroatoms. The number of amides is 2. The van der Waals surface area contributed by atoms with Gasteiger partial charge in [-0.3, -0.25) is 14.5 Å². The molecule has 4 rings (SSSR count). The zero-order chi connectivity index (χ0) is 27.1. The molecule has 0 radical (unpaired) electrons. The molecule has 3 aromatic carbocycles. The van der Waals surface area contributed by atoms with Crippen LogP contribution in [0.3, 0.4) is 0 Å². The smallest absolute Gasteiger partial charge is 0.227 e.